The van der Waals surface area contributed by atoms with E-state index in [1.54, 1.807) is 0 Å². The highest BCUT2D eigenvalue weighted by molar-refractivity contribution is 7.71. The molecule has 0 aliphatic heterocycles. The average Bonchev–Trinajstić information content (AvgIpc) is 2.51. The molecule has 0 saturated heterocycles. The molecule has 118 valence electrons. The molecule has 0 radical (unpaired) electrons. The summed E-state index contributed by atoms with van der Waals surface area (Å²) in [4.78, 5) is 38.6. The van der Waals surface area contributed by atoms with Crippen molar-refractivity contribution in [2.75, 3.05) is 7.11 Å². The molecule has 0 aliphatic rings. The van der Waals surface area contributed by atoms with Crippen LogP contribution in [0.25, 0.3) is 11.6 Å². The fourth-order valence-electron chi connectivity index (χ4n) is 1.83. The number of rotatable bonds is 4. The number of hydrogen-bond acceptors (Lipinski definition) is 6. The maximum absolute atomic E-state index is 11.9. The number of nitro benzene ring substituents is 1. The van der Waals surface area contributed by atoms with Crippen LogP contribution in [0.5, 0.6) is 0 Å². The standard InChI is InChI=1S/C14H11N3O5S/c1-22-13(19)10(11-7-12(18)16-14(23)15-11)6-8-2-4-9(5-3-8)17(20)21/h2-7H,1H3,(H2,15,16,18,23)/b10-6-. The van der Waals surface area contributed by atoms with Crippen LogP contribution in [0.15, 0.2) is 35.1 Å². The van der Waals surface area contributed by atoms with Crippen LogP contribution < -0.4 is 5.56 Å². The fraction of sp³-hybridized carbons (Fsp3) is 0.0714. The molecule has 0 amide bonds. The number of hydrogen-bond donors (Lipinski definition) is 2. The SMILES string of the molecule is COC(=O)/C(=C\c1ccc([N+](=O)[O-])cc1)c1cc(=O)[nH]c(=S)[nH]1. The van der Waals surface area contributed by atoms with Gasteiger partial charge in [0, 0.05) is 18.2 Å². The summed E-state index contributed by atoms with van der Waals surface area (Å²) in [7, 11) is 1.20. The van der Waals surface area contributed by atoms with Crippen molar-refractivity contribution >= 4 is 35.5 Å². The van der Waals surface area contributed by atoms with Crippen LogP contribution >= 0.6 is 12.2 Å². The van der Waals surface area contributed by atoms with Gasteiger partial charge < -0.3 is 9.72 Å². The number of nitrogens with zero attached hydrogens (tertiary/aromatic N) is 1. The summed E-state index contributed by atoms with van der Waals surface area (Å²) in [6.07, 6.45) is 1.44. The Hall–Kier alpha value is -3.07. The molecule has 23 heavy (non-hydrogen) atoms. The molecule has 0 bridgehead atoms. The van der Waals surface area contributed by atoms with E-state index in [0.29, 0.717) is 5.56 Å². The van der Waals surface area contributed by atoms with Crippen molar-refractivity contribution in [3.8, 4) is 0 Å². The zero-order valence-electron chi connectivity index (χ0n) is 11.9. The van der Waals surface area contributed by atoms with Gasteiger partial charge in [0.25, 0.3) is 11.2 Å². The summed E-state index contributed by atoms with van der Waals surface area (Å²) in [5.41, 5.74) is 0.234. The van der Waals surface area contributed by atoms with Gasteiger partial charge in [-0.25, -0.2) is 4.79 Å². The zero-order valence-corrected chi connectivity index (χ0v) is 12.7. The Morgan fingerprint density at radius 3 is 2.48 bits per heavy atom. The minimum Gasteiger partial charge on any atom is -0.465 e. The van der Waals surface area contributed by atoms with E-state index >= 15 is 0 Å². The normalized spacial score (nSPS) is 11.1. The molecule has 0 unspecified atom stereocenters. The second-order valence-electron chi connectivity index (χ2n) is 4.40. The van der Waals surface area contributed by atoms with Gasteiger partial charge in [-0.05, 0) is 36.0 Å². The van der Waals surface area contributed by atoms with Gasteiger partial charge in [0.15, 0.2) is 4.77 Å². The van der Waals surface area contributed by atoms with E-state index in [4.69, 9.17) is 17.0 Å². The minimum absolute atomic E-state index is 0.0611. The lowest BCUT2D eigenvalue weighted by atomic mass is 10.1. The molecule has 9 heteroatoms. The lowest BCUT2D eigenvalue weighted by Crippen LogP contribution is -2.12. The third kappa shape index (κ3) is 3.98. The number of nitro groups is 1. The predicted octanol–water partition coefficient (Wildman–Crippen LogP) is 2.05. The minimum atomic E-state index is -0.681. The van der Waals surface area contributed by atoms with Gasteiger partial charge in [0.05, 0.1) is 23.3 Å². The fourth-order valence-corrected chi connectivity index (χ4v) is 2.04. The summed E-state index contributed by atoms with van der Waals surface area (Å²) >= 11 is 4.87. The molecule has 0 aliphatic carbocycles. The Bertz CT molecular complexity index is 867. The number of H-pyrrole nitrogens is 2. The van der Waals surface area contributed by atoms with E-state index < -0.39 is 16.5 Å². The highest BCUT2D eigenvalue weighted by atomic mass is 32.1. The largest absolute Gasteiger partial charge is 0.465 e. The first kappa shape index (κ1) is 16.3. The molecule has 2 rings (SSSR count). The van der Waals surface area contributed by atoms with Gasteiger partial charge in [-0.2, -0.15) is 0 Å². The van der Waals surface area contributed by atoms with Crippen LogP contribution in [0.2, 0.25) is 0 Å². The van der Waals surface area contributed by atoms with Gasteiger partial charge in [-0.3, -0.25) is 19.9 Å². The Morgan fingerprint density at radius 1 is 1.30 bits per heavy atom. The number of carbonyl (C=O) groups excluding carboxylic acids is 1. The Labute approximate surface area is 134 Å². The molecule has 2 aromatic rings. The smallest absolute Gasteiger partial charge is 0.339 e. The van der Waals surface area contributed by atoms with E-state index in [1.165, 1.54) is 43.5 Å². The lowest BCUT2D eigenvalue weighted by Gasteiger charge is -2.06. The van der Waals surface area contributed by atoms with E-state index in [1.807, 2.05) is 0 Å². The Morgan fingerprint density at radius 2 is 1.96 bits per heavy atom. The van der Waals surface area contributed by atoms with Gasteiger partial charge in [-0.15, -0.1) is 0 Å². The van der Waals surface area contributed by atoms with Crippen molar-refractivity contribution in [1.82, 2.24) is 9.97 Å². The van der Waals surface area contributed by atoms with Crippen LogP contribution in [-0.4, -0.2) is 28.0 Å². The summed E-state index contributed by atoms with van der Waals surface area (Å²) in [5, 5.41) is 10.6. The molecule has 8 nitrogen and oxygen atoms in total. The summed E-state index contributed by atoms with van der Waals surface area (Å²) in [5.74, 6) is -0.681. The van der Waals surface area contributed by atoms with Gasteiger partial charge >= 0.3 is 5.97 Å². The second-order valence-corrected chi connectivity index (χ2v) is 4.81. The molecular formula is C14H11N3O5S. The van der Waals surface area contributed by atoms with Crippen LogP contribution in [0.3, 0.4) is 0 Å². The molecule has 0 spiro atoms. The van der Waals surface area contributed by atoms with Gasteiger partial charge in [0.2, 0.25) is 0 Å². The van der Waals surface area contributed by atoms with E-state index in [-0.39, 0.29) is 21.7 Å². The van der Waals surface area contributed by atoms with Gasteiger partial charge in [0.1, 0.15) is 0 Å². The van der Waals surface area contributed by atoms with Crippen molar-refractivity contribution in [2.45, 2.75) is 0 Å². The number of esters is 1. The summed E-state index contributed by atoms with van der Waals surface area (Å²) in [6, 6.07) is 6.73. The number of methoxy groups -OCH3 is 1. The van der Waals surface area contributed by atoms with E-state index in [0.717, 1.165) is 0 Å². The monoisotopic (exact) mass is 333 g/mol. The first-order chi connectivity index (χ1) is 10.9. The van der Waals surface area contributed by atoms with Crippen molar-refractivity contribution in [3.63, 3.8) is 0 Å². The van der Waals surface area contributed by atoms with Crippen LogP contribution in [0, 0.1) is 14.9 Å². The molecule has 0 fully saturated rings. The van der Waals surface area contributed by atoms with E-state index in [9.17, 15) is 19.7 Å². The zero-order chi connectivity index (χ0) is 17.0. The summed E-state index contributed by atoms with van der Waals surface area (Å²) in [6.45, 7) is 0. The average molecular weight is 333 g/mol. The number of benzene rings is 1. The van der Waals surface area contributed by atoms with Crippen LogP contribution in [0.4, 0.5) is 5.69 Å². The first-order valence-corrected chi connectivity index (χ1v) is 6.70. The van der Waals surface area contributed by atoms with E-state index in [2.05, 4.69) is 9.97 Å². The maximum atomic E-state index is 11.9. The van der Waals surface area contributed by atoms with Crippen molar-refractivity contribution in [1.29, 1.82) is 0 Å². The number of nitrogens with one attached hydrogen (secondary N) is 2. The topological polar surface area (TPSA) is 118 Å². The van der Waals surface area contributed by atoms with Crippen LogP contribution in [0.1, 0.15) is 11.3 Å². The molecule has 0 atom stereocenters. The quantitative estimate of drug-likeness (QED) is 0.291. The van der Waals surface area contributed by atoms with Crippen LogP contribution in [-0.2, 0) is 9.53 Å². The lowest BCUT2D eigenvalue weighted by molar-refractivity contribution is -0.384. The number of aromatic nitrogens is 2. The second kappa shape index (κ2) is 6.79. The molecule has 0 saturated carbocycles. The summed E-state index contributed by atoms with van der Waals surface area (Å²) < 4.78 is 4.76. The van der Waals surface area contributed by atoms with Crippen molar-refractivity contribution in [2.24, 2.45) is 0 Å². The molecule has 1 aromatic carbocycles. The third-order valence-corrected chi connectivity index (χ3v) is 3.07. The number of carbonyl (C=O) groups is 1. The number of ether oxygens (including phenoxy) is 1. The van der Waals surface area contributed by atoms with Crippen molar-refractivity contribution in [3.05, 3.63) is 66.8 Å². The van der Waals surface area contributed by atoms with Crippen molar-refractivity contribution < 1.29 is 14.5 Å². The Kier molecular flexibility index (Phi) is 4.82. The molecule has 1 heterocycles. The third-order valence-electron chi connectivity index (χ3n) is 2.87. The molecule has 1 aromatic heterocycles. The van der Waals surface area contributed by atoms with Gasteiger partial charge in [-0.1, -0.05) is 0 Å². The molecular weight excluding hydrogens is 322 g/mol. The molecule has 2 N–H and O–H groups in total. The first-order valence-electron chi connectivity index (χ1n) is 6.29. The highest BCUT2D eigenvalue weighted by Crippen LogP contribution is 2.19. The Balaban J connectivity index is 2.54. The number of aromatic amines is 2. The predicted molar refractivity (Wildman–Crippen MR) is 85.2 cm³/mol. The highest BCUT2D eigenvalue weighted by Gasteiger charge is 2.14. The maximum Gasteiger partial charge on any atom is 0.339 e. The number of non-ortho nitro benzene ring substituents is 1.